The van der Waals surface area contributed by atoms with Crippen LogP contribution >= 0.6 is 0 Å². The summed E-state index contributed by atoms with van der Waals surface area (Å²) in [6, 6.07) is 0. The van der Waals surface area contributed by atoms with E-state index in [0.29, 0.717) is 12.3 Å². The lowest BCUT2D eigenvalue weighted by Gasteiger charge is -2.23. The number of aliphatic carboxylic acids is 1. The molecule has 2 aliphatic rings. The molecule has 50 heavy (non-hydrogen) atoms. The van der Waals surface area contributed by atoms with Crippen LogP contribution in [0.3, 0.4) is 0 Å². The summed E-state index contributed by atoms with van der Waals surface area (Å²) in [5.74, 6) is -0.506. The van der Waals surface area contributed by atoms with Crippen molar-refractivity contribution in [2.75, 3.05) is 14.1 Å². The van der Waals surface area contributed by atoms with Crippen LogP contribution in [0.4, 0.5) is 0 Å². The number of ether oxygens (including phenoxy) is 1. The third-order valence-corrected chi connectivity index (χ3v) is 9.48. The van der Waals surface area contributed by atoms with Crippen LogP contribution < -0.4 is 10.6 Å². The topological polar surface area (TPSA) is 200 Å². The summed E-state index contributed by atoms with van der Waals surface area (Å²) in [6.07, 6.45) is 18.9. The smallest absolute Gasteiger partial charge is 0.307 e. The molecule has 2 heterocycles. The van der Waals surface area contributed by atoms with E-state index in [-0.39, 0.29) is 48.2 Å². The standard InChI is InChI=1S/C20H33N3O4.C16H25N3O4/c1-20(2,3)26-16(24)13-15(12-8-11-14-9-6-5-7-10-14)19-22-17(23-27-19)18(25)21-4;1-17-15(22)14-18-16(23-19-14)12(10-13(20)21)9-5-8-11-6-3-2-4-7-11/h14-15H,5-13H2,1-4H3,(H,21,25);11-12H,2-10H2,1H3,(H,17,22)(H,20,21)/t15-;12-/m11/s1. The van der Waals surface area contributed by atoms with Crippen molar-refractivity contribution in [1.82, 2.24) is 30.9 Å². The molecule has 0 bridgehead atoms. The minimum absolute atomic E-state index is 0.00558. The van der Waals surface area contributed by atoms with E-state index in [2.05, 4.69) is 30.9 Å². The first-order valence-electron chi connectivity index (χ1n) is 18.4. The number of nitrogens with zero attached hydrogens (tertiary/aromatic N) is 4. The molecule has 280 valence electrons. The number of carbonyl (C=O) groups excluding carboxylic acids is 3. The van der Waals surface area contributed by atoms with Gasteiger partial charge in [0.2, 0.25) is 11.8 Å². The van der Waals surface area contributed by atoms with Crippen LogP contribution in [-0.2, 0) is 14.3 Å². The lowest BCUT2D eigenvalue weighted by Crippen LogP contribution is -2.25. The molecule has 2 aromatic heterocycles. The van der Waals surface area contributed by atoms with Crippen LogP contribution in [0, 0.1) is 11.8 Å². The van der Waals surface area contributed by atoms with Gasteiger partial charge < -0.3 is 29.5 Å². The Hall–Kier alpha value is -3.84. The zero-order chi connectivity index (χ0) is 36.5. The van der Waals surface area contributed by atoms with Crippen molar-refractivity contribution in [3.8, 4) is 0 Å². The highest BCUT2D eigenvalue weighted by Crippen LogP contribution is 2.33. The van der Waals surface area contributed by atoms with Crippen molar-refractivity contribution in [2.45, 2.75) is 154 Å². The second-order valence-electron chi connectivity index (χ2n) is 14.7. The predicted octanol–water partition coefficient (Wildman–Crippen LogP) is 6.73. The highest BCUT2D eigenvalue weighted by atomic mass is 16.6. The fourth-order valence-corrected chi connectivity index (χ4v) is 6.89. The Labute approximate surface area is 295 Å². The molecule has 2 amide bonds. The molecule has 14 heteroatoms. The van der Waals surface area contributed by atoms with Crippen molar-refractivity contribution >= 4 is 23.8 Å². The molecule has 2 aliphatic carbocycles. The summed E-state index contributed by atoms with van der Waals surface area (Å²) in [6.45, 7) is 5.54. The van der Waals surface area contributed by atoms with Gasteiger partial charge in [0.25, 0.3) is 23.5 Å². The van der Waals surface area contributed by atoms with Crippen molar-refractivity contribution in [2.24, 2.45) is 11.8 Å². The molecule has 2 aromatic rings. The molecule has 0 spiro atoms. The summed E-state index contributed by atoms with van der Waals surface area (Å²) >= 11 is 0. The average molecular weight is 703 g/mol. The maximum atomic E-state index is 12.3. The number of nitrogens with one attached hydrogen (secondary N) is 2. The summed E-state index contributed by atoms with van der Waals surface area (Å²) in [4.78, 5) is 54.8. The molecule has 0 aromatic carbocycles. The highest BCUT2D eigenvalue weighted by Gasteiger charge is 2.28. The van der Waals surface area contributed by atoms with Crippen molar-refractivity contribution in [3.63, 3.8) is 0 Å². The van der Waals surface area contributed by atoms with Gasteiger partial charge in [0.05, 0.1) is 12.8 Å². The molecular weight excluding hydrogens is 644 g/mol. The van der Waals surface area contributed by atoms with Gasteiger partial charge in [-0.2, -0.15) is 9.97 Å². The van der Waals surface area contributed by atoms with Crippen molar-refractivity contribution in [3.05, 3.63) is 23.4 Å². The lowest BCUT2D eigenvalue weighted by atomic mass is 9.84. The Bertz CT molecular complexity index is 1340. The fourth-order valence-electron chi connectivity index (χ4n) is 6.89. The van der Waals surface area contributed by atoms with E-state index < -0.39 is 23.4 Å². The quantitative estimate of drug-likeness (QED) is 0.156. The largest absolute Gasteiger partial charge is 0.481 e. The molecular formula is C36H58N6O8. The Morgan fingerprint density at radius 3 is 1.54 bits per heavy atom. The van der Waals surface area contributed by atoms with E-state index in [9.17, 15) is 19.2 Å². The van der Waals surface area contributed by atoms with Gasteiger partial charge in [0, 0.05) is 25.9 Å². The van der Waals surface area contributed by atoms with Crippen molar-refractivity contribution < 1.29 is 38.1 Å². The van der Waals surface area contributed by atoms with Gasteiger partial charge in [-0.15, -0.1) is 0 Å². The molecule has 0 aliphatic heterocycles. The summed E-state index contributed by atoms with van der Waals surface area (Å²) in [5.41, 5.74) is -0.536. The number of carboxylic acid groups (broad SMARTS) is 1. The lowest BCUT2D eigenvalue weighted by molar-refractivity contribution is -0.155. The molecule has 2 atom stereocenters. The number of amides is 2. The summed E-state index contributed by atoms with van der Waals surface area (Å²) in [7, 11) is 3.00. The van der Waals surface area contributed by atoms with Gasteiger partial charge in [-0.25, -0.2) is 0 Å². The summed E-state index contributed by atoms with van der Waals surface area (Å²) in [5, 5.41) is 21.3. The van der Waals surface area contributed by atoms with Gasteiger partial charge >= 0.3 is 11.9 Å². The van der Waals surface area contributed by atoms with Gasteiger partial charge in [-0.3, -0.25) is 19.2 Å². The minimum Gasteiger partial charge on any atom is -0.481 e. The number of rotatable bonds is 16. The number of carboxylic acids is 1. The zero-order valence-corrected chi connectivity index (χ0v) is 30.6. The number of esters is 1. The van der Waals surface area contributed by atoms with E-state index >= 15 is 0 Å². The number of hydrogen-bond acceptors (Lipinski definition) is 11. The first-order valence-corrected chi connectivity index (χ1v) is 18.4. The van der Waals surface area contributed by atoms with Crippen molar-refractivity contribution in [1.29, 1.82) is 0 Å². The number of hydrogen-bond donors (Lipinski definition) is 3. The minimum atomic E-state index is -0.896. The van der Waals surface area contributed by atoms with Gasteiger partial charge in [-0.1, -0.05) is 100 Å². The summed E-state index contributed by atoms with van der Waals surface area (Å²) < 4.78 is 15.9. The van der Waals surface area contributed by atoms with Gasteiger partial charge in [-0.05, 0) is 45.4 Å². The van der Waals surface area contributed by atoms with E-state index in [1.165, 1.54) is 78.3 Å². The first kappa shape index (κ1) is 40.6. The monoisotopic (exact) mass is 702 g/mol. The molecule has 2 fully saturated rings. The predicted molar refractivity (Wildman–Crippen MR) is 184 cm³/mol. The van der Waals surface area contributed by atoms with Crippen LogP contribution in [-0.4, -0.2) is 68.8 Å². The third kappa shape index (κ3) is 14.6. The van der Waals surface area contributed by atoms with E-state index in [0.717, 1.165) is 43.9 Å². The molecule has 2 saturated carbocycles. The molecule has 4 rings (SSSR count). The maximum Gasteiger partial charge on any atom is 0.307 e. The van der Waals surface area contributed by atoms with Gasteiger partial charge in [0.1, 0.15) is 5.60 Å². The Morgan fingerprint density at radius 1 is 0.740 bits per heavy atom. The van der Waals surface area contributed by atoms with Gasteiger partial charge in [0.15, 0.2) is 0 Å². The Balaban J connectivity index is 0.000000274. The van der Waals surface area contributed by atoms with E-state index in [1.54, 1.807) is 0 Å². The SMILES string of the molecule is CNC(=O)c1noc([C@H](CCCC2CCCCC2)CC(=O)O)n1.CNC(=O)c1noc([C@H](CCCC2CCCCC2)CC(=O)OC(C)(C)C)n1. The fraction of sp³-hybridized carbons (Fsp3) is 0.778. The Kier molecular flexibility index (Phi) is 16.8. The highest BCUT2D eigenvalue weighted by molar-refractivity contribution is 5.90. The maximum absolute atomic E-state index is 12.3. The van der Waals surface area contributed by atoms with Crippen LogP contribution in [0.25, 0.3) is 0 Å². The van der Waals surface area contributed by atoms with E-state index in [4.69, 9.17) is 18.9 Å². The van der Waals surface area contributed by atoms with Crippen LogP contribution in [0.5, 0.6) is 0 Å². The molecule has 14 nitrogen and oxygen atoms in total. The normalized spacial score (nSPS) is 16.8. The molecule has 0 saturated heterocycles. The van der Waals surface area contributed by atoms with Crippen LogP contribution in [0.15, 0.2) is 9.05 Å². The third-order valence-electron chi connectivity index (χ3n) is 9.48. The van der Waals surface area contributed by atoms with Crippen LogP contribution in [0.1, 0.15) is 181 Å². The Morgan fingerprint density at radius 2 is 1.16 bits per heavy atom. The first-order chi connectivity index (χ1) is 23.9. The number of carbonyl (C=O) groups is 4. The molecule has 0 unspecified atom stereocenters. The van der Waals surface area contributed by atoms with E-state index in [1.807, 2.05) is 20.8 Å². The number of aromatic nitrogens is 4. The second kappa shape index (κ2) is 20.7. The molecule has 0 radical (unpaired) electrons. The molecule has 3 N–H and O–H groups in total. The average Bonchev–Trinajstić information content (AvgIpc) is 3.78. The zero-order valence-electron chi connectivity index (χ0n) is 30.6. The van der Waals surface area contributed by atoms with Crippen LogP contribution in [0.2, 0.25) is 0 Å². The second-order valence-corrected chi connectivity index (χ2v) is 14.7.